The van der Waals surface area contributed by atoms with Crippen LogP contribution in [0.3, 0.4) is 0 Å². The molecule has 1 unspecified atom stereocenters. The Bertz CT molecular complexity index is 404. The minimum absolute atomic E-state index is 0.321. The van der Waals surface area contributed by atoms with Crippen molar-refractivity contribution in [3.63, 3.8) is 0 Å². The van der Waals surface area contributed by atoms with Crippen LogP contribution < -0.4 is 10.1 Å². The smallest absolute Gasteiger partial charge is 0.246 e. The summed E-state index contributed by atoms with van der Waals surface area (Å²) in [6.45, 7) is -0.328. The van der Waals surface area contributed by atoms with Crippen LogP contribution in [0.5, 0.6) is 5.75 Å². The van der Waals surface area contributed by atoms with Gasteiger partial charge in [0.25, 0.3) is 0 Å². The number of benzene rings is 1. The molecule has 0 saturated carbocycles. The summed E-state index contributed by atoms with van der Waals surface area (Å²) in [6.07, 6.45) is 1.52. The number of nitrogens with one attached hydrogen (secondary N) is 1. The van der Waals surface area contributed by atoms with Crippen molar-refractivity contribution in [3.05, 3.63) is 29.8 Å². The molecule has 1 rings (SSSR count). The maximum atomic E-state index is 11.3. The van der Waals surface area contributed by atoms with Crippen molar-refractivity contribution in [2.24, 2.45) is 4.99 Å². The second-order valence-corrected chi connectivity index (χ2v) is 3.33. The van der Waals surface area contributed by atoms with Crippen molar-refractivity contribution < 1.29 is 14.6 Å². The van der Waals surface area contributed by atoms with Gasteiger partial charge in [-0.25, -0.2) is 0 Å². The number of nitrogens with zero attached hydrogens (tertiary/aromatic N) is 1. The molecule has 0 fully saturated rings. The summed E-state index contributed by atoms with van der Waals surface area (Å²) in [5.41, 5.74) is 0.761. The number of aliphatic hydroxyl groups is 1. The van der Waals surface area contributed by atoms with Crippen LogP contribution in [0.4, 0.5) is 0 Å². The summed E-state index contributed by atoms with van der Waals surface area (Å²) >= 11 is 0. The van der Waals surface area contributed by atoms with Gasteiger partial charge in [0.2, 0.25) is 5.91 Å². The molecule has 0 bridgehead atoms. The standard InChI is InChI=1S/C12H16N2O3/c1-13-12(16)10(8-15)14-7-9-5-3-4-6-11(9)17-2/h3-7,10,15H,8H2,1-2H3,(H,13,16). The SMILES string of the molecule is CNC(=O)C(CO)N=Cc1ccccc1OC. The lowest BCUT2D eigenvalue weighted by Crippen LogP contribution is -2.33. The fraction of sp³-hybridized carbons (Fsp3) is 0.333. The molecule has 5 heteroatoms. The molecule has 0 aromatic heterocycles. The van der Waals surface area contributed by atoms with E-state index in [0.29, 0.717) is 5.75 Å². The van der Waals surface area contributed by atoms with E-state index < -0.39 is 6.04 Å². The van der Waals surface area contributed by atoms with E-state index in [1.807, 2.05) is 18.2 Å². The predicted octanol–water partition coefficient (Wildman–Crippen LogP) is 0.221. The Hall–Kier alpha value is -1.88. The topological polar surface area (TPSA) is 70.9 Å². The zero-order chi connectivity index (χ0) is 12.7. The normalized spacial score (nSPS) is 12.4. The van der Waals surface area contributed by atoms with Crippen LogP contribution in [0.15, 0.2) is 29.3 Å². The lowest BCUT2D eigenvalue weighted by Gasteiger charge is -2.07. The van der Waals surface area contributed by atoms with Gasteiger partial charge in [-0.15, -0.1) is 0 Å². The first kappa shape index (κ1) is 13.2. The summed E-state index contributed by atoms with van der Waals surface area (Å²) in [7, 11) is 3.07. The Labute approximate surface area is 100 Å². The van der Waals surface area contributed by atoms with E-state index >= 15 is 0 Å². The molecule has 0 spiro atoms. The first-order valence-electron chi connectivity index (χ1n) is 5.21. The minimum atomic E-state index is -0.787. The molecule has 0 aliphatic rings. The number of hydrogen-bond donors (Lipinski definition) is 2. The first-order chi connectivity index (χ1) is 8.22. The molecule has 17 heavy (non-hydrogen) atoms. The van der Waals surface area contributed by atoms with E-state index in [1.165, 1.54) is 13.3 Å². The van der Waals surface area contributed by atoms with E-state index in [2.05, 4.69) is 10.3 Å². The van der Waals surface area contributed by atoms with Gasteiger partial charge in [-0.1, -0.05) is 12.1 Å². The van der Waals surface area contributed by atoms with Crippen LogP contribution in [0, 0.1) is 0 Å². The Balaban J connectivity index is 2.84. The van der Waals surface area contributed by atoms with E-state index in [9.17, 15) is 4.79 Å². The fourth-order valence-corrected chi connectivity index (χ4v) is 1.31. The second-order valence-electron chi connectivity index (χ2n) is 3.33. The third-order valence-electron chi connectivity index (χ3n) is 2.25. The van der Waals surface area contributed by atoms with Gasteiger partial charge in [0.05, 0.1) is 13.7 Å². The lowest BCUT2D eigenvalue weighted by atomic mass is 10.2. The highest BCUT2D eigenvalue weighted by atomic mass is 16.5. The van der Waals surface area contributed by atoms with E-state index in [0.717, 1.165) is 5.56 Å². The Morgan fingerprint density at radius 2 is 2.29 bits per heavy atom. The fourth-order valence-electron chi connectivity index (χ4n) is 1.31. The molecule has 92 valence electrons. The van der Waals surface area contributed by atoms with E-state index in [4.69, 9.17) is 9.84 Å². The van der Waals surface area contributed by atoms with Crippen molar-refractivity contribution in [2.45, 2.75) is 6.04 Å². The van der Waals surface area contributed by atoms with Crippen molar-refractivity contribution in [1.82, 2.24) is 5.32 Å². The molecule has 2 N–H and O–H groups in total. The maximum Gasteiger partial charge on any atom is 0.246 e. The Morgan fingerprint density at radius 1 is 1.59 bits per heavy atom. The highest BCUT2D eigenvalue weighted by Gasteiger charge is 2.13. The molecule has 1 aromatic carbocycles. The number of likely N-dealkylation sites (N-methyl/N-ethyl adjacent to an activating group) is 1. The third-order valence-corrected chi connectivity index (χ3v) is 2.25. The maximum absolute atomic E-state index is 11.3. The highest BCUT2D eigenvalue weighted by molar-refractivity contribution is 5.88. The van der Waals surface area contributed by atoms with Crippen LogP contribution in [-0.2, 0) is 4.79 Å². The second kappa shape index (κ2) is 6.65. The molecular formula is C12H16N2O3. The van der Waals surface area contributed by atoms with Crippen LogP contribution in [0.1, 0.15) is 5.56 Å². The molecule has 1 amide bonds. The van der Waals surface area contributed by atoms with Crippen LogP contribution in [-0.4, -0.2) is 44.0 Å². The average Bonchev–Trinajstić information content (AvgIpc) is 2.39. The third kappa shape index (κ3) is 3.57. The molecule has 0 saturated heterocycles. The number of hydrogen-bond acceptors (Lipinski definition) is 4. The first-order valence-corrected chi connectivity index (χ1v) is 5.21. The molecule has 1 atom stereocenters. The molecule has 0 heterocycles. The number of methoxy groups -OCH3 is 1. The van der Waals surface area contributed by atoms with Crippen LogP contribution in [0.2, 0.25) is 0 Å². The summed E-state index contributed by atoms with van der Waals surface area (Å²) in [6, 6.07) is 6.52. The number of para-hydroxylation sites is 1. The summed E-state index contributed by atoms with van der Waals surface area (Å²) < 4.78 is 5.14. The molecule has 5 nitrogen and oxygen atoms in total. The van der Waals surface area contributed by atoms with Crippen molar-refractivity contribution >= 4 is 12.1 Å². The largest absolute Gasteiger partial charge is 0.496 e. The van der Waals surface area contributed by atoms with Crippen molar-refractivity contribution in [2.75, 3.05) is 20.8 Å². The number of aliphatic imine (C=N–C) groups is 1. The summed E-state index contributed by atoms with van der Waals surface area (Å²) in [5, 5.41) is 11.5. The van der Waals surface area contributed by atoms with Gasteiger partial charge < -0.3 is 15.2 Å². The van der Waals surface area contributed by atoms with E-state index in [1.54, 1.807) is 13.2 Å². The predicted molar refractivity (Wildman–Crippen MR) is 65.5 cm³/mol. The number of aliphatic hydroxyl groups excluding tert-OH is 1. The van der Waals surface area contributed by atoms with Crippen LogP contribution in [0.25, 0.3) is 0 Å². The highest BCUT2D eigenvalue weighted by Crippen LogP contribution is 2.14. The zero-order valence-electron chi connectivity index (χ0n) is 9.88. The van der Waals surface area contributed by atoms with Crippen LogP contribution >= 0.6 is 0 Å². The van der Waals surface area contributed by atoms with Gasteiger partial charge in [0, 0.05) is 18.8 Å². The quantitative estimate of drug-likeness (QED) is 0.718. The lowest BCUT2D eigenvalue weighted by molar-refractivity contribution is -0.122. The number of amides is 1. The molecule has 0 aliphatic heterocycles. The summed E-state index contributed by atoms with van der Waals surface area (Å²) in [5.74, 6) is 0.350. The van der Waals surface area contributed by atoms with Gasteiger partial charge in [0.1, 0.15) is 5.75 Å². The average molecular weight is 236 g/mol. The molecule has 1 aromatic rings. The van der Waals surface area contributed by atoms with Crippen molar-refractivity contribution in [1.29, 1.82) is 0 Å². The summed E-state index contributed by atoms with van der Waals surface area (Å²) in [4.78, 5) is 15.3. The minimum Gasteiger partial charge on any atom is -0.496 e. The van der Waals surface area contributed by atoms with Gasteiger partial charge in [-0.2, -0.15) is 0 Å². The number of ether oxygens (including phenoxy) is 1. The van der Waals surface area contributed by atoms with E-state index in [-0.39, 0.29) is 12.5 Å². The van der Waals surface area contributed by atoms with Gasteiger partial charge in [0.15, 0.2) is 6.04 Å². The molecular weight excluding hydrogens is 220 g/mol. The monoisotopic (exact) mass is 236 g/mol. The molecule has 0 radical (unpaired) electrons. The van der Waals surface area contributed by atoms with Gasteiger partial charge in [-0.3, -0.25) is 9.79 Å². The van der Waals surface area contributed by atoms with Gasteiger partial charge in [-0.05, 0) is 12.1 Å². The zero-order valence-corrected chi connectivity index (χ0v) is 9.88. The Kier molecular flexibility index (Phi) is 5.16. The molecule has 0 aliphatic carbocycles. The number of rotatable bonds is 5. The Morgan fingerprint density at radius 3 is 2.88 bits per heavy atom. The number of carbonyl (C=O) groups excluding carboxylic acids is 1. The van der Waals surface area contributed by atoms with Crippen molar-refractivity contribution in [3.8, 4) is 5.75 Å². The number of carbonyl (C=O) groups is 1. The van der Waals surface area contributed by atoms with Gasteiger partial charge >= 0.3 is 0 Å².